The van der Waals surface area contributed by atoms with Crippen LogP contribution in [0.2, 0.25) is 0 Å². The van der Waals surface area contributed by atoms with Gasteiger partial charge in [-0.1, -0.05) is 24.3 Å². The van der Waals surface area contributed by atoms with Crippen LogP contribution in [0.5, 0.6) is 0 Å². The molecule has 3 rings (SSSR count). The van der Waals surface area contributed by atoms with Crippen molar-refractivity contribution in [3.8, 4) is 0 Å². The van der Waals surface area contributed by atoms with Crippen LogP contribution >= 0.6 is 11.8 Å². The maximum Gasteiger partial charge on any atom is 0.233 e. The fourth-order valence-electron chi connectivity index (χ4n) is 2.38. The normalized spacial score (nSPS) is 13.8. The monoisotopic (exact) mass is 333 g/mol. The summed E-state index contributed by atoms with van der Waals surface area (Å²) in [6.07, 6.45) is 1.99. The average Bonchev–Trinajstić information content (AvgIpc) is 3.38. The first kappa shape index (κ1) is 16.0. The molecule has 5 heteroatoms. The van der Waals surface area contributed by atoms with Crippen LogP contribution < -0.4 is 0 Å². The van der Waals surface area contributed by atoms with Crippen LogP contribution in [-0.2, 0) is 11.3 Å². The molecule has 1 fully saturated rings. The van der Waals surface area contributed by atoms with E-state index in [0.29, 0.717) is 11.4 Å². The number of hydrogen-bond donors (Lipinski definition) is 0. The molecule has 0 radical (unpaired) electrons. The number of amides is 1. The predicted octanol–water partition coefficient (Wildman–Crippen LogP) is 4.25. The number of carbonyl (C=O) groups is 1. The van der Waals surface area contributed by atoms with Gasteiger partial charge in [0, 0.05) is 17.5 Å². The lowest BCUT2D eigenvalue weighted by Gasteiger charge is -2.22. The van der Waals surface area contributed by atoms with E-state index in [9.17, 15) is 13.6 Å². The van der Waals surface area contributed by atoms with E-state index in [4.69, 9.17) is 0 Å². The largest absolute Gasteiger partial charge is 0.335 e. The van der Waals surface area contributed by atoms with Gasteiger partial charge < -0.3 is 4.90 Å². The maximum atomic E-state index is 13.6. The van der Waals surface area contributed by atoms with E-state index < -0.39 is 0 Å². The number of carbonyl (C=O) groups excluding carboxylic acids is 1. The number of rotatable bonds is 6. The minimum absolute atomic E-state index is 0.00919. The molecule has 0 heterocycles. The fourth-order valence-corrected chi connectivity index (χ4v) is 3.20. The van der Waals surface area contributed by atoms with Crippen molar-refractivity contribution in [1.29, 1.82) is 0 Å². The summed E-state index contributed by atoms with van der Waals surface area (Å²) < 4.78 is 26.6. The molecule has 0 atom stereocenters. The third kappa shape index (κ3) is 4.32. The third-order valence-electron chi connectivity index (χ3n) is 3.76. The SMILES string of the molecule is O=C(CSc1ccccc1F)N(Cc1ccc(F)cc1)C1CC1. The van der Waals surface area contributed by atoms with Gasteiger partial charge in [0.05, 0.1) is 5.75 Å². The molecule has 1 aliphatic carbocycles. The molecular formula is C18H17F2NOS. The van der Waals surface area contributed by atoms with Crippen LogP contribution in [0.4, 0.5) is 8.78 Å². The molecule has 0 saturated heterocycles. The van der Waals surface area contributed by atoms with Gasteiger partial charge in [-0.05, 0) is 42.7 Å². The van der Waals surface area contributed by atoms with Crippen LogP contribution in [0.3, 0.4) is 0 Å². The fraction of sp³-hybridized carbons (Fsp3) is 0.278. The number of hydrogen-bond acceptors (Lipinski definition) is 2. The lowest BCUT2D eigenvalue weighted by atomic mass is 10.2. The summed E-state index contributed by atoms with van der Waals surface area (Å²) in [5.41, 5.74) is 0.905. The van der Waals surface area contributed by atoms with E-state index in [1.807, 2.05) is 4.90 Å². The molecule has 2 aromatic rings. The first-order valence-electron chi connectivity index (χ1n) is 7.55. The average molecular weight is 333 g/mol. The van der Waals surface area contributed by atoms with Crippen LogP contribution in [0.1, 0.15) is 18.4 Å². The number of nitrogens with zero attached hydrogens (tertiary/aromatic N) is 1. The second kappa shape index (κ2) is 7.13. The summed E-state index contributed by atoms with van der Waals surface area (Å²) in [5.74, 6) is -0.390. The number of halogens is 2. The third-order valence-corrected chi connectivity index (χ3v) is 4.80. The van der Waals surface area contributed by atoms with E-state index in [-0.39, 0.29) is 29.3 Å². The summed E-state index contributed by atoms with van der Waals surface area (Å²) in [6.45, 7) is 0.474. The minimum atomic E-state index is -0.304. The lowest BCUT2D eigenvalue weighted by Crippen LogP contribution is -2.34. The maximum absolute atomic E-state index is 13.6. The Balaban J connectivity index is 1.63. The van der Waals surface area contributed by atoms with Crippen molar-refractivity contribution in [2.24, 2.45) is 0 Å². The van der Waals surface area contributed by atoms with Gasteiger partial charge in [0.15, 0.2) is 0 Å². The Bertz CT molecular complexity index is 686. The molecule has 1 amide bonds. The Kier molecular flexibility index (Phi) is 4.96. The molecule has 2 nitrogen and oxygen atoms in total. The van der Waals surface area contributed by atoms with Crippen molar-refractivity contribution in [3.63, 3.8) is 0 Å². The van der Waals surface area contributed by atoms with Crippen molar-refractivity contribution < 1.29 is 13.6 Å². The van der Waals surface area contributed by atoms with Crippen molar-refractivity contribution >= 4 is 17.7 Å². The van der Waals surface area contributed by atoms with Crippen molar-refractivity contribution in [1.82, 2.24) is 4.90 Å². The Morgan fingerprint density at radius 1 is 1.09 bits per heavy atom. The zero-order valence-corrected chi connectivity index (χ0v) is 13.4. The molecule has 0 aliphatic heterocycles. The Labute approximate surface area is 138 Å². The first-order valence-corrected chi connectivity index (χ1v) is 8.53. The molecular weight excluding hydrogens is 316 g/mol. The summed E-state index contributed by atoms with van der Waals surface area (Å²) in [7, 11) is 0. The van der Waals surface area contributed by atoms with E-state index in [1.165, 1.54) is 30.0 Å². The number of thioether (sulfide) groups is 1. The van der Waals surface area contributed by atoms with Crippen molar-refractivity contribution in [2.45, 2.75) is 30.3 Å². The van der Waals surface area contributed by atoms with Crippen LogP contribution in [0.25, 0.3) is 0 Å². The zero-order chi connectivity index (χ0) is 16.2. The van der Waals surface area contributed by atoms with E-state index >= 15 is 0 Å². The van der Waals surface area contributed by atoms with Gasteiger partial charge in [-0.25, -0.2) is 8.78 Å². The molecule has 0 N–H and O–H groups in total. The molecule has 0 bridgehead atoms. The predicted molar refractivity (Wildman–Crippen MR) is 87.1 cm³/mol. The summed E-state index contributed by atoms with van der Waals surface area (Å²) in [4.78, 5) is 14.8. The Hall–Kier alpha value is -1.88. The Morgan fingerprint density at radius 2 is 1.78 bits per heavy atom. The molecule has 0 aromatic heterocycles. The number of benzene rings is 2. The molecule has 0 spiro atoms. The highest BCUT2D eigenvalue weighted by molar-refractivity contribution is 8.00. The highest BCUT2D eigenvalue weighted by Crippen LogP contribution is 2.30. The molecule has 0 unspecified atom stereocenters. The standard InChI is InChI=1S/C18H17F2NOS/c19-14-7-5-13(6-8-14)11-21(15-9-10-15)18(22)12-23-17-4-2-1-3-16(17)20/h1-8,15H,9-12H2. The lowest BCUT2D eigenvalue weighted by molar-refractivity contribution is -0.129. The molecule has 1 aliphatic rings. The summed E-state index contributed by atoms with van der Waals surface area (Å²) in [6, 6.07) is 12.9. The van der Waals surface area contributed by atoms with Crippen LogP contribution in [0.15, 0.2) is 53.4 Å². The van der Waals surface area contributed by atoms with Gasteiger partial charge in [-0.3, -0.25) is 4.79 Å². The molecule has 2 aromatic carbocycles. The highest BCUT2D eigenvalue weighted by Gasteiger charge is 2.32. The molecule has 120 valence electrons. The smallest absolute Gasteiger partial charge is 0.233 e. The second-order valence-corrected chi connectivity index (χ2v) is 6.62. The quantitative estimate of drug-likeness (QED) is 0.737. The van der Waals surface area contributed by atoms with Crippen LogP contribution in [-0.4, -0.2) is 22.6 Å². The van der Waals surface area contributed by atoms with E-state index in [0.717, 1.165) is 18.4 Å². The van der Waals surface area contributed by atoms with Crippen molar-refractivity contribution in [3.05, 3.63) is 65.7 Å². The van der Waals surface area contributed by atoms with Gasteiger partial charge in [0.2, 0.25) is 5.91 Å². The molecule has 23 heavy (non-hydrogen) atoms. The van der Waals surface area contributed by atoms with Gasteiger partial charge >= 0.3 is 0 Å². The second-order valence-electron chi connectivity index (χ2n) is 5.60. The highest BCUT2D eigenvalue weighted by atomic mass is 32.2. The molecule has 1 saturated carbocycles. The Morgan fingerprint density at radius 3 is 2.43 bits per heavy atom. The first-order chi connectivity index (χ1) is 11.1. The van der Waals surface area contributed by atoms with Gasteiger partial charge in [-0.2, -0.15) is 0 Å². The zero-order valence-electron chi connectivity index (χ0n) is 12.5. The summed E-state index contributed by atoms with van der Waals surface area (Å²) in [5, 5.41) is 0. The summed E-state index contributed by atoms with van der Waals surface area (Å²) >= 11 is 1.22. The van der Waals surface area contributed by atoms with Gasteiger partial charge in [0.25, 0.3) is 0 Å². The topological polar surface area (TPSA) is 20.3 Å². The van der Waals surface area contributed by atoms with Crippen LogP contribution in [0, 0.1) is 11.6 Å². The minimum Gasteiger partial charge on any atom is -0.335 e. The van der Waals surface area contributed by atoms with E-state index in [2.05, 4.69) is 0 Å². The van der Waals surface area contributed by atoms with E-state index in [1.54, 1.807) is 30.3 Å². The van der Waals surface area contributed by atoms with Gasteiger partial charge in [0.1, 0.15) is 11.6 Å². The van der Waals surface area contributed by atoms with Gasteiger partial charge in [-0.15, -0.1) is 11.8 Å². The van der Waals surface area contributed by atoms with Crippen molar-refractivity contribution in [2.75, 3.05) is 5.75 Å².